The van der Waals surface area contributed by atoms with Gasteiger partial charge in [-0.3, -0.25) is 19.8 Å². The highest BCUT2D eigenvalue weighted by Gasteiger charge is 2.32. The topological polar surface area (TPSA) is 90.5 Å². The van der Waals surface area contributed by atoms with E-state index in [1.165, 1.54) is 24.9 Å². The van der Waals surface area contributed by atoms with Gasteiger partial charge in [-0.25, -0.2) is 4.68 Å². The van der Waals surface area contributed by atoms with Crippen LogP contribution >= 0.6 is 24.0 Å². The van der Waals surface area contributed by atoms with Crippen LogP contribution in [0.4, 0.5) is 5.69 Å². The van der Waals surface area contributed by atoms with E-state index in [4.69, 9.17) is 22.1 Å². The van der Waals surface area contributed by atoms with Crippen molar-refractivity contribution in [1.82, 2.24) is 14.7 Å². The first-order valence-electron chi connectivity index (χ1n) is 11.6. The predicted molar refractivity (Wildman–Crippen MR) is 152 cm³/mol. The normalized spacial score (nSPS) is 14.4. The molecule has 4 aromatic rings. The molecule has 10 heteroatoms. The summed E-state index contributed by atoms with van der Waals surface area (Å²) >= 11 is 6.76. The van der Waals surface area contributed by atoms with Gasteiger partial charge in [-0.1, -0.05) is 72.0 Å². The molecule has 0 atom stereocenters. The number of hydrogen-bond acceptors (Lipinski definition) is 7. The number of nitro groups is 1. The van der Waals surface area contributed by atoms with E-state index in [9.17, 15) is 14.9 Å². The lowest BCUT2D eigenvalue weighted by atomic mass is 10.1. The fourth-order valence-electron chi connectivity index (χ4n) is 4.06. The average Bonchev–Trinajstić information content (AvgIpc) is 3.46. The lowest BCUT2D eigenvalue weighted by Crippen LogP contribution is -2.27. The zero-order chi connectivity index (χ0) is 26.8. The molecule has 1 amide bonds. The van der Waals surface area contributed by atoms with Gasteiger partial charge in [0.25, 0.3) is 5.91 Å². The molecule has 0 spiro atoms. The molecule has 5 rings (SSSR count). The van der Waals surface area contributed by atoms with Crippen LogP contribution in [0.25, 0.3) is 23.0 Å². The molecule has 190 valence electrons. The Bertz CT molecular complexity index is 1580. The average molecular weight is 543 g/mol. The predicted octanol–water partition coefficient (Wildman–Crippen LogP) is 6.17. The highest BCUT2D eigenvalue weighted by molar-refractivity contribution is 8.26. The molecule has 38 heavy (non-hydrogen) atoms. The zero-order valence-electron chi connectivity index (χ0n) is 20.5. The summed E-state index contributed by atoms with van der Waals surface area (Å²) in [5.74, 6) is -0.0422. The molecule has 1 saturated heterocycles. The number of carbonyl (C=O) groups excluding carboxylic acids is 1. The van der Waals surface area contributed by atoms with Gasteiger partial charge in [-0.05, 0) is 42.8 Å². The second kappa shape index (κ2) is 10.6. The van der Waals surface area contributed by atoms with Crippen molar-refractivity contribution in [2.75, 3.05) is 7.11 Å². The van der Waals surface area contributed by atoms with E-state index in [-0.39, 0.29) is 17.3 Å². The number of ether oxygens (including phenoxy) is 1. The fraction of sp³-hybridized carbons (Fsp3) is 0.107. The van der Waals surface area contributed by atoms with E-state index in [2.05, 4.69) is 0 Å². The first-order valence-corrected chi connectivity index (χ1v) is 12.9. The molecule has 1 fully saturated rings. The lowest BCUT2D eigenvalue weighted by Gasteiger charge is -2.14. The van der Waals surface area contributed by atoms with Gasteiger partial charge in [-0.2, -0.15) is 5.10 Å². The van der Waals surface area contributed by atoms with Gasteiger partial charge in [0.15, 0.2) is 5.75 Å². The summed E-state index contributed by atoms with van der Waals surface area (Å²) in [6.07, 6.45) is 3.54. The van der Waals surface area contributed by atoms with E-state index in [0.29, 0.717) is 32.6 Å². The molecule has 3 aromatic carbocycles. The molecule has 8 nitrogen and oxygen atoms in total. The Hall–Kier alpha value is -4.28. The third-order valence-electron chi connectivity index (χ3n) is 6.03. The van der Waals surface area contributed by atoms with Crippen LogP contribution in [-0.2, 0) is 11.3 Å². The van der Waals surface area contributed by atoms with Gasteiger partial charge in [0.2, 0.25) is 0 Å². The minimum atomic E-state index is -0.494. The smallest absolute Gasteiger partial charge is 0.311 e. The van der Waals surface area contributed by atoms with Crippen LogP contribution in [0.3, 0.4) is 0 Å². The molecule has 0 saturated carbocycles. The number of para-hydroxylation sites is 1. The summed E-state index contributed by atoms with van der Waals surface area (Å²) in [6.45, 7) is 2.39. The monoisotopic (exact) mass is 542 g/mol. The Morgan fingerprint density at radius 2 is 1.84 bits per heavy atom. The van der Waals surface area contributed by atoms with Crippen LogP contribution in [0, 0.1) is 17.0 Å². The van der Waals surface area contributed by atoms with Crippen molar-refractivity contribution in [3.8, 4) is 22.7 Å². The van der Waals surface area contributed by atoms with Crippen molar-refractivity contribution in [3.63, 3.8) is 0 Å². The van der Waals surface area contributed by atoms with E-state index in [1.807, 2.05) is 61.5 Å². The Kier molecular flexibility index (Phi) is 7.08. The summed E-state index contributed by atoms with van der Waals surface area (Å²) in [7, 11) is 1.39. The number of thioether (sulfide) groups is 1. The Morgan fingerprint density at radius 3 is 2.53 bits per heavy atom. The van der Waals surface area contributed by atoms with Crippen LogP contribution in [0.15, 0.2) is 83.9 Å². The summed E-state index contributed by atoms with van der Waals surface area (Å²) in [5, 5.41) is 16.4. The maximum Gasteiger partial charge on any atom is 0.311 e. The maximum atomic E-state index is 13.4. The van der Waals surface area contributed by atoms with E-state index < -0.39 is 4.92 Å². The Balaban J connectivity index is 1.56. The van der Waals surface area contributed by atoms with Crippen molar-refractivity contribution >= 4 is 46.0 Å². The Morgan fingerprint density at radius 1 is 1.11 bits per heavy atom. The Labute approximate surface area is 228 Å². The highest BCUT2D eigenvalue weighted by Crippen LogP contribution is 2.37. The number of methoxy groups -OCH3 is 1. The number of thiocarbonyl (C=S) groups is 1. The van der Waals surface area contributed by atoms with Gasteiger partial charge in [-0.15, -0.1) is 0 Å². The highest BCUT2D eigenvalue weighted by atomic mass is 32.2. The maximum absolute atomic E-state index is 13.4. The van der Waals surface area contributed by atoms with E-state index in [0.717, 1.165) is 16.8 Å². The van der Waals surface area contributed by atoms with Crippen LogP contribution in [0.5, 0.6) is 5.75 Å². The molecular weight excluding hydrogens is 520 g/mol. The van der Waals surface area contributed by atoms with E-state index >= 15 is 0 Å². The molecule has 0 aliphatic carbocycles. The standard InChI is InChI=1S/C28H22N4O4S2/c1-18-8-10-19(11-9-18)16-30-27(33)25(38-28(30)37)15-21-17-31(22-6-4-3-5-7-22)29-26(21)20-12-13-24(36-2)23(14-20)32(34)35/h3-15,17H,16H2,1-2H3/b25-15+. The minimum Gasteiger partial charge on any atom is -0.490 e. The van der Waals surface area contributed by atoms with Crippen LogP contribution in [-0.4, -0.2) is 36.9 Å². The number of benzene rings is 3. The van der Waals surface area contributed by atoms with Crippen molar-refractivity contribution in [2.45, 2.75) is 13.5 Å². The summed E-state index contributed by atoms with van der Waals surface area (Å²) in [4.78, 5) is 26.6. The molecule has 2 heterocycles. The molecule has 0 radical (unpaired) electrons. The van der Waals surface area contributed by atoms with Gasteiger partial charge in [0, 0.05) is 23.4 Å². The van der Waals surface area contributed by atoms with Gasteiger partial charge in [0.05, 0.1) is 29.2 Å². The minimum absolute atomic E-state index is 0.153. The molecule has 0 bridgehead atoms. The van der Waals surface area contributed by atoms with Crippen LogP contribution < -0.4 is 4.74 Å². The molecule has 1 aliphatic heterocycles. The number of hydrogen-bond donors (Lipinski definition) is 0. The zero-order valence-corrected chi connectivity index (χ0v) is 22.2. The van der Waals surface area contributed by atoms with Gasteiger partial charge < -0.3 is 4.74 Å². The van der Waals surface area contributed by atoms with Crippen molar-refractivity contribution in [3.05, 3.63) is 111 Å². The number of carbonyl (C=O) groups is 1. The third-order valence-corrected chi connectivity index (χ3v) is 7.41. The largest absolute Gasteiger partial charge is 0.490 e. The number of aromatic nitrogens is 2. The second-order valence-corrected chi connectivity index (χ2v) is 10.3. The van der Waals surface area contributed by atoms with Crippen LogP contribution in [0.2, 0.25) is 0 Å². The second-order valence-electron chi connectivity index (χ2n) is 8.61. The fourth-order valence-corrected chi connectivity index (χ4v) is 5.31. The SMILES string of the molecule is COc1ccc(-c2nn(-c3ccccc3)cc2/C=C2/SC(=S)N(Cc3ccc(C)cc3)C2=O)cc1[N+](=O)[O-]. The van der Waals surface area contributed by atoms with Crippen LogP contribution in [0.1, 0.15) is 16.7 Å². The number of amides is 1. The number of aryl methyl sites for hydroxylation is 1. The number of nitrogens with zero attached hydrogens (tertiary/aromatic N) is 4. The molecule has 0 N–H and O–H groups in total. The molecule has 0 unspecified atom stereocenters. The number of nitro benzene ring substituents is 1. The van der Waals surface area contributed by atoms with Gasteiger partial charge in [0.1, 0.15) is 10.0 Å². The third kappa shape index (κ3) is 5.09. The molecule has 1 aliphatic rings. The van der Waals surface area contributed by atoms with Gasteiger partial charge >= 0.3 is 5.69 Å². The first-order chi connectivity index (χ1) is 18.3. The summed E-state index contributed by atoms with van der Waals surface area (Å²) in [5.41, 5.74) is 4.40. The van der Waals surface area contributed by atoms with E-state index in [1.54, 1.807) is 34.0 Å². The lowest BCUT2D eigenvalue weighted by molar-refractivity contribution is -0.385. The summed E-state index contributed by atoms with van der Waals surface area (Å²) in [6, 6.07) is 22.1. The number of rotatable bonds is 7. The quantitative estimate of drug-likeness (QED) is 0.119. The summed E-state index contributed by atoms with van der Waals surface area (Å²) < 4.78 is 7.31. The molecular formula is C28H22N4O4S2. The first kappa shape index (κ1) is 25.4. The van der Waals surface area contributed by atoms with Crippen molar-refractivity contribution < 1.29 is 14.5 Å². The molecule has 1 aromatic heterocycles. The van der Waals surface area contributed by atoms with Crippen molar-refractivity contribution in [2.24, 2.45) is 0 Å². The van der Waals surface area contributed by atoms with Crippen molar-refractivity contribution in [1.29, 1.82) is 0 Å².